The molecular formula is C15H26O2. The summed E-state index contributed by atoms with van der Waals surface area (Å²) in [5, 5.41) is 10.4. The van der Waals surface area contributed by atoms with E-state index in [0.29, 0.717) is 17.6 Å². The van der Waals surface area contributed by atoms with Gasteiger partial charge in [-0.25, -0.2) is 0 Å². The standard InChI is InChI=1S/C15H26O2/c1-6-8(2)13(16)11-12-10(15(12,4)5)7-9(3)14(11)17/h8-13,16H,6-7H2,1-5H3/t8-,9-,10?,11?,12+,13-/m1/s1. The van der Waals surface area contributed by atoms with Crippen LogP contribution < -0.4 is 0 Å². The van der Waals surface area contributed by atoms with E-state index in [1.807, 2.05) is 6.92 Å². The average molecular weight is 238 g/mol. The van der Waals surface area contributed by atoms with Gasteiger partial charge in [-0.2, -0.15) is 0 Å². The van der Waals surface area contributed by atoms with Crippen LogP contribution in [-0.2, 0) is 4.79 Å². The molecule has 2 aliphatic carbocycles. The van der Waals surface area contributed by atoms with Gasteiger partial charge in [0.25, 0.3) is 0 Å². The lowest BCUT2D eigenvalue weighted by Gasteiger charge is -2.31. The number of ketones is 1. The first-order valence-corrected chi connectivity index (χ1v) is 7.04. The fourth-order valence-electron chi connectivity index (χ4n) is 3.93. The molecule has 0 radical (unpaired) electrons. The molecule has 2 nitrogen and oxygen atoms in total. The molecule has 0 bridgehead atoms. The van der Waals surface area contributed by atoms with Crippen molar-refractivity contribution in [1.29, 1.82) is 0 Å². The van der Waals surface area contributed by atoms with Gasteiger partial charge in [-0.3, -0.25) is 4.79 Å². The van der Waals surface area contributed by atoms with Gasteiger partial charge in [0.1, 0.15) is 5.78 Å². The van der Waals surface area contributed by atoms with Crippen molar-refractivity contribution in [3.05, 3.63) is 0 Å². The number of aliphatic hydroxyl groups is 1. The molecule has 0 aromatic rings. The molecule has 98 valence electrons. The molecule has 0 aliphatic heterocycles. The molecule has 0 saturated heterocycles. The number of Topliss-reactive ketones (excluding diaryl/α,β-unsaturated/α-hetero) is 1. The lowest BCUT2D eigenvalue weighted by molar-refractivity contribution is -0.135. The van der Waals surface area contributed by atoms with Crippen LogP contribution in [0.15, 0.2) is 0 Å². The lowest BCUT2D eigenvalue weighted by Crippen LogP contribution is -2.40. The zero-order valence-corrected chi connectivity index (χ0v) is 11.7. The summed E-state index contributed by atoms with van der Waals surface area (Å²) in [6, 6.07) is 0. The molecule has 2 unspecified atom stereocenters. The predicted molar refractivity (Wildman–Crippen MR) is 68.5 cm³/mol. The van der Waals surface area contributed by atoms with E-state index >= 15 is 0 Å². The molecule has 2 fully saturated rings. The van der Waals surface area contributed by atoms with Crippen LogP contribution in [-0.4, -0.2) is 17.0 Å². The van der Waals surface area contributed by atoms with Crippen LogP contribution in [0.1, 0.15) is 47.5 Å². The Balaban J connectivity index is 2.22. The third kappa shape index (κ3) is 1.85. The van der Waals surface area contributed by atoms with Crippen LogP contribution in [0, 0.1) is 35.0 Å². The van der Waals surface area contributed by atoms with Crippen molar-refractivity contribution < 1.29 is 9.90 Å². The van der Waals surface area contributed by atoms with Gasteiger partial charge in [-0.1, -0.05) is 41.0 Å². The first-order chi connectivity index (χ1) is 7.82. The van der Waals surface area contributed by atoms with Crippen molar-refractivity contribution in [1.82, 2.24) is 0 Å². The van der Waals surface area contributed by atoms with E-state index < -0.39 is 6.10 Å². The minimum atomic E-state index is -0.440. The Labute approximate surface area is 105 Å². The van der Waals surface area contributed by atoms with Crippen LogP contribution in [0.25, 0.3) is 0 Å². The van der Waals surface area contributed by atoms with Crippen molar-refractivity contribution >= 4 is 5.78 Å². The van der Waals surface area contributed by atoms with Gasteiger partial charge < -0.3 is 5.11 Å². The molecule has 6 atom stereocenters. The first-order valence-electron chi connectivity index (χ1n) is 7.04. The van der Waals surface area contributed by atoms with E-state index in [2.05, 4.69) is 27.7 Å². The molecule has 0 aromatic heterocycles. The SMILES string of the molecule is CC[C@@H](C)[C@@H](O)C1C(=O)[C@H](C)CC2[C@@H]1C2(C)C. The normalized spacial score (nSPS) is 42.8. The molecule has 0 heterocycles. The van der Waals surface area contributed by atoms with E-state index in [-0.39, 0.29) is 23.2 Å². The molecular weight excluding hydrogens is 212 g/mol. The second-order valence-corrected chi connectivity index (χ2v) is 6.89. The second-order valence-electron chi connectivity index (χ2n) is 6.89. The Kier molecular flexibility index (Phi) is 3.14. The third-order valence-corrected chi connectivity index (χ3v) is 5.54. The Bertz CT molecular complexity index is 321. The highest BCUT2D eigenvalue weighted by Gasteiger charge is 2.66. The van der Waals surface area contributed by atoms with Crippen molar-refractivity contribution in [2.45, 2.75) is 53.6 Å². The Morgan fingerprint density at radius 1 is 1.47 bits per heavy atom. The first kappa shape index (κ1) is 13.1. The largest absolute Gasteiger partial charge is 0.392 e. The van der Waals surface area contributed by atoms with E-state index in [0.717, 1.165) is 12.8 Å². The fourth-order valence-corrected chi connectivity index (χ4v) is 3.93. The predicted octanol–water partition coefficient (Wildman–Crippen LogP) is 2.89. The molecule has 17 heavy (non-hydrogen) atoms. The minimum absolute atomic E-state index is 0.103. The van der Waals surface area contributed by atoms with Crippen LogP contribution in [0.5, 0.6) is 0 Å². The van der Waals surface area contributed by atoms with Gasteiger partial charge in [0.2, 0.25) is 0 Å². The Hall–Kier alpha value is -0.370. The number of fused-ring (bicyclic) bond motifs is 1. The summed E-state index contributed by atoms with van der Waals surface area (Å²) < 4.78 is 0. The van der Waals surface area contributed by atoms with Crippen molar-refractivity contribution in [3.63, 3.8) is 0 Å². The second kappa shape index (κ2) is 4.08. The smallest absolute Gasteiger partial charge is 0.141 e. The van der Waals surface area contributed by atoms with Gasteiger partial charge in [0.05, 0.1) is 6.10 Å². The maximum Gasteiger partial charge on any atom is 0.141 e. The molecule has 2 heteroatoms. The van der Waals surface area contributed by atoms with Crippen LogP contribution in [0.2, 0.25) is 0 Å². The number of hydrogen-bond acceptors (Lipinski definition) is 2. The Morgan fingerprint density at radius 2 is 2.06 bits per heavy atom. The highest BCUT2D eigenvalue weighted by atomic mass is 16.3. The molecule has 0 amide bonds. The quantitative estimate of drug-likeness (QED) is 0.821. The number of carbonyl (C=O) groups is 1. The summed E-state index contributed by atoms with van der Waals surface area (Å²) in [6.07, 6.45) is 1.53. The molecule has 1 N–H and O–H groups in total. The fraction of sp³-hybridized carbons (Fsp3) is 0.933. The van der Waals surface area contributed by atoms with E-state index in [1.165, 1.54) is 0 Å². The third-order valence-electron chi connectivity index (χ3n) is 5.54. The summed E-state index contributed by atoms with van der Waals surface area (Å²) in [7, 11) is 0. The van der Waals surface area contributed by atoms with Crippen LogP contribution in [0.3, 0.4) is 0 Å². The van der Waals surface area contributed by atoms with Crippen LogP contribution >= 0.6 is 0 Å². The summed E-state index contributed by atoms with van der Waals surface area (Å²) in [5.74, 6) is 1.65. The van der Waals surface area contributed by atoms with E-state index in [1.54, 1.807) is 0 Å². The summed E-state index contributed by atoms with van der Waals surface area (Å²) in [6.45, 7) is 10.7. The Morgan fingerprint density at radius 3 is 2.59 bits per heavy atom. The molecule has 2 saturated carbocycles. The van der Waals surface area contributed by atoms with Crippen LogP contribution in [0.4, 0.5) is 0 Å². The zero-order valence-electron chi connectivity index (χ0n) is 11.7. The molecule has 2 aliphatic rings. The lowest BCUT2D eigenvalue weighted by atomic mass is 9.74. The van der Waals surface area contributed by atoms with Crippen molar-refractivity contribution in [2.75, 3.05) is 0 Å². The highest BCUT2D eigenvalue weighted by Crippen LogP contribution is 2.67. The number of aliphatic hydroxyl groups excluding tert-OH is 1. The van der Waals surface area contributed by atoms with Gasteiger partial charge in [0, 0.05) is 11.8 Å². The van der Waals surface area contributed by atoms with Gasteiger partial charge in [-0.15, -0.1) is 0 Å². The molecule has 0 aromatic carbocycles. The average Bonchev–Trinajstić information content (AvgIpc) is 2.80. The summed E-state index contributed by atoms with van der Waals surface area (Å²) in [4.78, 5) is 12.4. The highest BCUT2D eigenvalue weighted by molar-refractivity contribution is 5.86. The topological polar surface area (TPSA) is 37.3 Å². The monoisotopic (exact) mass is 238 g/mol. The maximum absolute atomic E-state index is 12.4. The van der Waals surface area contributed by atoms with Gasteiger partial charge in [0.15, 0.2) is 0 Å². The van der Waals surface area contributed by atoms with Crippen molar-refractivity contribution in [3.8, 4) is 0 Å². The minimum Gasteiger partial charge on any atom is -0.392 e. The zero-order chi connectivity index (χ0) is 13.0. The molecule has 2 rings (SSSR count). The summed E-state index contributed by atoms with van der Waals surface area (Å²) in [5.41, 5.74) is 0.263. The summed E-state index contributed by atoms with van der Waals surface area (Å²) >= 11 is 0. The number of hydrogen-bond donors (Lipinski definition) is 1. The van der Waals surface area contributed by atoms with Gasteiger partial charge in [-0.05, 0) is 29.6 Å². The van der Waals surface area contributed by atoms with E-state index in [9.17, 15) is 9.90 Å². The molecule has 0 spiro atoms. The maximum atomic E-state index is 12.4. The van der Waals surface area contributed by atoms with Gasteiger partial charge >= 0.3 is 0 Å². The van der Waals surface area contributed by atoms with Crippen molar-refractivity contribution in [2.24, 2.45) is 35.0 Å². The number of rotatable bonds is 3. The number of carbonyl (C=O) groups excluding carboxylic acids is 1. The van der Waals surface area contributed by atoms with E-state index in [4.69, 9.17) is 0 Å².